The van der Waals surface area contributed by atoms with Gasteiger partial charge in [-0.2, -0.15) is 0 Å². The van der Waals surface area contributed by atoms with Gasteiger partial charge in [0.05, 0.1) is 5.92 Å². The summed E-state index contributed by atoms with van der Waals surface area (Å²) in [6.07, 6.45) is 2.27. The van der Waals surface area contributed by atoms with Gasteiger partial charge in [0, 0.05) is 16.0 Å². The van der Waals surface area contributed by atoms with Crippen LogP contribution in [0.1, 0.15) is 30.1 Å². The van der Waals surface area contributed by atoms with Crippen LogP contribution in [0.2, 0.25) is 0 Å². The predicted molar refractivity (Wildman–Crippen MR) is 73.2 cm³/mol. The quantitative estimate of drug-likeness (QED) is 0.861. The zero-order chi connectivity index (χ0) is 14.0. The van der Waals surface area contributed by atoms with E-state index in [1.807, 2.05) is 6.07 Å². The molecule has 100 valence electrons. The Bertz CT molecular complexity index is 536. The molecule has 4 heteroatoms. The number of Topliss-reactive ketones (excluding diaryl/α,β-unsaturated/α-hetero) is 1. The summed E-state index contributed by atoms with van der Waals surface area (Å²) in [5.41, 5.74) is -0.457. The molecule has 1 aliphatic rings. The van der Waals surface area contributed by atoms with Crippen LogP contribution in [0.4, 0.5) is 0 Å². The van der Waals surface area contributed by atoms with E-state index < -0.39 is 17.3 Å². The molecule has 2 rings (SSSR count). The number of halogens is 1. The van der Waals surface area contributed by atoms with Gasteiger partial charge in [0.1, 0.15) is 0 Å². The molecule has 2 atom stereocenters. The molecule has 0 aliphatic heterocycles. The van der Waals surface area contributed by atoms with Crippen molar-refractivity contribution in [3.63, 3.8) is 0 Å². The number of allylic oxidation sites excluding steroid dienone is 2. The van der Waals surface area contributed by atoms with E-state index in [0.29, 0.717) is 17.0 Å². The van der Waals surface area contributed by atoms with E-state index in [-0.39, 0.29) is 12.2 Å². The van der Waals surface area contributed by atoms with E-state index in [9.17, 15) is 14.7 Å². The Hall–Kier alpha value is -1.61. The summed E-state index contributed by atoms with van der Waals surface area (Å²) in [7, 11) is 0. The summed E-state index contributed by atoms with van der Waals surface area (Å²) in [6.45, 7) is 1.69. The molecule has 0 amide bonds. The zero-order valence-electron chi connectivity index (χ0n) is 10.6. The number of carbonyl (C=O) groups is 2. The molecular weight excluding hydrogens is 264 g/mol. The maximum atomic E-state index is 12.6. The van der Waals surface area contributed by atoms with Crippen molar-refractivity contribution in [3.8, 4) is 0 Å². The predicted octanol–water partition coefficient (Wildman–Crippen LogP) is 3.49. The number of hydrogen-bond acceptors (Lipinski definition) is 2. The van der Waals surface area contributed by atoms with Crippen molar-refractivity contribution in [1.29, 1.82) is 0 Å². The van der Waals surface area contributed by atoms with Crippen LogP contribution in [0.15, 0.2) is 41.4 Å². The number of ketones is 1. The van der Waals surface area contributed by atoms with Crippen molar-refractivity contribution < 1.29 is 14.7 Å². The maximum absolute atomic E-state index is 12.6. The van der Waals surface area contributed by atoms with E-state index in [0.717, 1.165) is 0 Å². The van der Waals surface area contributed by atoms with E-state index in [2.05, 4.69) is 0 Å². The van der Waals surface area contributed by atoms with Crippen LogP contribution in [0, 0.1) is 11.3 Å². The minimum absolute atomic E-state index is 0.160. The lowest BCUT2D eigenvalue weighted by Crippen LogP contribution is -2.42. The topological polar surface area (TPSA) is 54.4 Å². The third-order valence-electron chi connectivity index (χ3n) is 3.73. The van der Waals surface area contributed by atoms with Crippen molar-refractivity contribution in [1.82, 2.24) is 0 Å². The average Bonchev–Trinajstić information content (AvgIpc) is 2.38. The lowest BCUT2D eigenvalue weighted by molar-refractivity contribution is -0.145. The molecule has 1 N–H and O–H groups in total. The minimum Gasteiger partial charge on any atom is -0.481 e. The van der Waals surface area contributed by atoms with Crippen LogP contribution in [0.25, 0.3) is 0 Å². The first kappa shape index (κ1) is 13.8. The second-order valence-corrected chi connectivity index (χ2v) is 5.55. The fraction of sp³-hybridized carbons (Fsp3) is 0.333. The number of carboxylic acid groups (broad SMARTS) is 1. The Labute approximate surface area is 116 Å². The van der Waals surface area contributed by atoms with Gasteiger partial charge in [-0.25, -0.2) is 0 Å². The molecule has 0 aromatic heterocycles. The molecule has 1 aliphatic carbocycles. The van der Waals surface area contributed by atoms with Crippen molar-refractivity contribution in [2.75, 3.05) is 0 Å². The molecule has 19 heavy (non-hydrogen) atoms. The summed E-state index contributed by atoms with van der Waals surface area (Å²) < 4.78 is 0. The van der Waals surface area contributed by atoms with E-state index in [1.165, 1.54) is 0 Å². The smallest absolute Gasteiger partial charge is 0.307 e. The van der Waals surface area contributed by atoms with Gasteiger partial charge in [0.15, 0.2) is 5.78 Å². The van der Waals surface area contributed by atoms with Gasteiger partial charge in [-0.15, -0.1) is 0 Å². The fourth-order valence-electron chi connectivity index (χ4n) is 2.58. The molecular formula is C15H15ClO3. The van der Waals surface area contributed by atoms with E-state index >= 15 is 0 Å². The van der Waals surface area contributed by atoms with Crippen molar-refractivity contribution in [2.45, 2.75) is 19.8 Å². The van der Waals surface area contributed by atoms with E-state index in [1.54, 1.807) is 37.3 Å². The Balaban J connectivity index is 2.41. The first-order valence-electron chi connectivity index (χ1n) is 6.12. The van der Waals surface area contributed by atoms with Gasteiger partial charge in [-0.3, -0.25) is 9.59 Å². The molecule has 0 saturated heterocycles. The van der Waals surface area contributed by atoms with Crippen LogP contribution >= 0.6 is 11.6 Å². The maximum Gasteiger partial charge on any atom is 0.307 e. The summed E-state index contributed by atoms with van der Waals surface area (Å²) in [4.78, 5) is 24.0. The lowest BCUT2D eigenvalue weighted by atomic mass is 9.66. The molecule has 3 nitrogen and oxygen atoms in total. The van der Waals surface area contributed by atoms with Gasteiger partial charge in [-0.1, -0.05) is 54.9 Å². The Morgan fingerprint density at radius 3 is 2.53 bits per heavy atom. The highest BCUT2D eigenvalue weighted by Crippen LogP contribution is 2.44. The largest absolute Gasteiger partial charge is 0.481 e. The normalized spacial score (nSPS) is 26.6. The SMILES string of the molecule is CC1(C(=O)c2ccccc2)CC(Cl)=CCC1C(=O)O. The summed E-state index contributed by atoms with van der Waals surface area (Å²) in [5, 5.41) is 9.89. The first-order valence-corrected chi connectivity index (χ1v) is 6.50. The molecule has 0 bridgehead atoms. The van der Waals surface area contributed by atoms with Gasteiger partial charge in [0.2, 0.25) is 0 Å². The molecule has 0 radical (unpaired) electrons. The number of benzene rings is 1. The monoisotopic (exact) mass is 278 g/mol. The zero-order valence-corrected chi connectivity index (χ0v) is 11.4. The molecule has 0 spiro atoms. The summed E-state index contributed by atoms with van der Waals surface area (Å²) in [6, 6.07) is 8.78. The standard InChI is InChI=1S/C15H15ClO3/c1-15(13(17)10-5-3-2-4-6-10)9-11(16)7-8-12(15)14(18)19/h2-7,12H,8-9H2,1H3,(H,18,19). The second kappa shape index (κ2) is 5.17. The van der Waals surface area contributed by atoms with Gasteiger partial charge in [0.25, 0.3) is 0 Å². The third-order valence-corrected chi connectivity index (χ3v) is 4.02. The molecule has 1 aromatic rings. The lowest BCUT2D eigenvalue weighted by Gasteiger charge is -2.36. The molecule has 1 aromatic carbocycles. The third kappa shape index (κ3) is 2.56. The highest BCUT2D eigenvalue weighted by atomic mass is 35.5. The number of rotatable bonds is 3. The van der Waals surface area contributed by atoms with Crippen molar-refractivity contribution >= 4 is 23.4 Å². The van der Waals surface area contributed by atoms with Gasteiger partial charge in [-0.05, 0) is 12.8 Å². The number of aliphatic carboxylic acids is 1. The van der Waals surface area contributed by atoms with Crippen molar-refractivity contribution in [2.24, 2.45) is 11.3 Å². The van der Waals surface area contributed by atoms with Crippen molar-refractivity contribution in [3.05, 3.63) is 47.0 Å². The van der Waals surface area contributed by atoms with E-state index in [4.69, 9.17) is 11.6 Å². The Morgan fingerprint density at radius 1 is 1.32 bits per heavy atom. The highest BCUT2D eigenvalue weighted by Gasteiger charge is 2.47. The number of carboxylic acids is 1. The van der Waals surface area contributed by atoms with Gasteiger partial charge >= 0.3 is 5.97 Å². The van der Waals surface area contributed by atoms with Crippen LogP contribution in [-0.4, -0.2) is 16.9 Å². The second-order valence-electron chi connectivity index (χ2n) is 5.07. The minimum atomic E-state index is -0.987. The highest BCUT2D eigenvalue weighted by molar-refractivity contribution is 6.30. The van der Waals surface area contributed by atoms with Crippen LogP contribution in [0.5, 0.6) is 0 Å². The number of hydrogen-bond donors (Lipinski definition) is 1. The molecule has 0 fully saturated rings. The first-order chi connectivity index (χ1) is 8.95. The average molecular weight is 279 g/mol. The Morgan fingerprint density at radius 2 is 1.95 bits per heavy atom. The number of carbonyl (C=O) groups excluding carboxylic acids is 1. The summed E-state index contributed by atoms with van der Waals surface area (Å²) >= 11 is 6.02. The molecule has 0 heterocycles. The molecule has 0 saturated carbocycles. The fourth-order valence-corrected chi connectivity index (χ4v) is 2.95. The van der Waals surface area contributed by atoms with Gasteiger partial charge < -0.3 is 5.11 Å². The molecule has 2 unspecified atom stereocenters. The van der Waals surface area contributed by atoms with Crippen LogP contribution in [-0.2, 0) is 4.79 Å². The summed E-state index contributed by atoms with van der Waals surface area (Å²) in [5.74, 6) is -1.85. The Kier molecular flexibility index (Phi) is 3.76. The van der Waals surface area contributed by atoms with Crippen LogP contribution < -0.4 is 0 Å². The van der Waals surface area contributed by atoms with Crippen LogP contribution in [0.3, 0.4) is 0 Å².